The fraction of sp³-hybridized carbons (Fsp3) is 0.714. The minimum Gasteiger partial charge on any atom is -0.368 e. The van der Waals surface area contributed by atoms with Crippen LogP contribution in [0.3, 0.4) is 0 Å². The van der Waals surface area contributed by atoms with Gasteiger partial charge in [-0.25, -0.2) is 0 Å². The zero-order valence-corrected chi connectivity index (χ0v) is 6.10. The molecule has 52 valence electrons. The van der Waals surface area contributed by atoms with Gasteiger partial charge in [0.15, 0.2) is 0 Å². The summed E-state index contributed by atoms with van der Waals surface area (Å²) < 4.78 is 5.19. The maximum absolute atomic E-state index is 5.52. The van der Waals surface area contributed by atoms with Gasteiger partial charge in [0.05, 0.1) is 18.1 Å². The first kappa shape index (κ1) is 7.10. The second kappa shape index (κ2) is 3.23. The standard InChI is InChI=1S/C7H11ClO/c1-2-3-4-6-7(5-8)9-6/h2,6-7H,1,3-5H2/t6-,7-/m1/s1. The number of halogens is 1. The van der Waals surface area contributed by atoms with Crippen LogP contribution in [0.2, 0.25) is 0 Å². The van der Waals surface area contributed by atoms with Crippen molar-refractivity contribution in [2.24, 2.45) is 0 Å². The van der Waals surface area contributed by atoms with Crippen LogP contribution in [0.25, 0.3) is 0 Å². The maximum atomic E-state index is 5.52. The van der Waals surface area contributed by atoms with Gasteiger partial charge in [0, 0.05) is 0 Å². The highest BCUT2D eigenvalue weighted by atomic mass is 35.5. The quantitative estimate of drug-likeness (QED) is 0.336. The Morgan fingerprint density at radius 1 is 1.56 bits per heavy atom. The Morgan fingerprint density at radius 2 is 2.33 bits per heavy atom. The third-order valence-electron chi connectivity index (χ3n) is 1.50. The van der Waals surface area contributed by atoms with E-state index in [1.54, 1.807) is 0 Å². The molecule has 1 nitrogen and oxygen atoms in total. The third kappa shape index (κ3) is 1.99. The predicted molar refractivity (Wildman–Crippen MR) is 38.8 cm³/mol. The van der Waals surface area contributed by atoms with Gasteiger partial charge in [-0.3, -0.25) is 0 Å². The highest BCUT2D eigenvalue weighted by molar-refractivity contribution is 6.18. The minimum atomic E-state index is 0.339. The molecule has 0 amide bonds. The highest BCUT2D eigenvalue weighted by Gasteiger charge is 2.36. The molecule has 0 spiro atoms. The molecule has 1 saturated heterocycles. The van der Waals surface area contributed by atoms with Crippen molar-refractivity contribution >= 4 is 11.6 Å². The molecule has 0 saturated carbocycles. The summed E-state index contributed by atoms with van der Waals surface area (Å²) in [6, 6.07) is 0. The lowest BCUT2D eigenvalue weighted by Gasteiger charge is -1.85. The number of alkyl halides is 1. The van der Waals surface area contributed by atoms with E-state index in [4.69, 9.17) is 16.3 Å². The third-order valence-corrected chi connectivity index (χ3v) is 1.80. The minimum absolute atomic E-state index is 0.339. The summed E-state index contributed by atoms with van der Waals surface area (Å²) in [5.41, 5.74) is 0. The number of hydrogen-bond acceptors (Lipinski definition) is 1. The average Bonchev–Trinajstić information content (AvgIpc) is 2.62. The van der Waals surface area contributed by atoms with E-state index >= 15 is 0 Å². The molecule has 2 heteroatoms. The summed E-state index contributed by atoms with van der Waals surface area (Å²) in [6.45, 7) is 3.62. The Labute approximate surface area is 60.7 Å². The van der Waals surface area contributed by atoms with Crippen molar-refractivity contribution in [2.45, 2.75) is 25.0 Å². The first-order chi connectivity index (χ1) is 4.38. The molecular weight excluding hydrogens is 136 g/mol. The van der Waals surface area contributed by atoms with E-state index in [9.17, 15) is 0 Å². The number of hydrogen-bond donors (Lipinski definition) is 0. The Hall–Kier alpha value is -0.0100. The number of epoxide rings is 1. The van der Waals surface area contributed by atoms with E-state index in [1.165, 1.54) is 0 Å². The molecule has 0 aromatic carbocycles. The lowest BCUT2D eigenvalue weighted by Crippen LogP contribution is -1.93. The molecular formula is C7H11ClO. The number of allylic oxidation sites excluding steroid dienone is 1. The molecule has 1 fully saturated rings. The summed E-state index contributed by atoms with van der Waals surface area (Å²) >= 11 is 5.52. The van der Waals surface area contributed by atoms with Gasteiger partial charge in [-0.2, -0.15) is 0 Å². The summed E-state index contributed by atoms with van der Waals surface area (Å²) in [5, 5.41) is 0. The van der Waals surface area contributed by atoms with Crippen LogP contribution in [-0.4, -0.2) is 18.1 Å². The second-order valence-corrected chi connectivity index (χ2v) is 2.54. The molecule has 1 aliphatic heterocycles. The molecule has 0 aromatic heterocycles. The van der Waals surface area contributed by atoms with Crippen LogP contribution in [0.5, 0.6) is 0 Å². The van der Waals surface area contributed by atoms with Crippen LogP contribution in [0.15, 0.2) is 12.7 Å². The molecule has 2 atom stereocenters. The van der Waals surface area contributed by atoms with Crippen LogP contribution in [0.1, 0.15) is 12.8 Å². The smallest absolute Gasteiger partial charge is 0.0976 e. The SMILES string of the molecule is C=CCC[C@H]1O[C@@H]1CCl. The summed E-state index contributed by atoms with van der Waals surface area (Å²) in [5.74, 6) is 0.641. The van der Waals surface area contributed by atoms with E-state index in [2.05, 4.69) is 6.58 Å². The van der Waals surface area contributed by atoms with Crippen LogP contribution in [0, 0.1) is 0 Å². The molecule has 1 aliphatic rings. The number of ether oxygens (including phenoxy) is 1. The molecule has 0 bridgehead atoms. The fourth-order valence-electron chi connectivity index (χ4n) is 0.851. The van der Waals surface area contributed by atoms with Crippen LogP contribution < -0.4 is 0 Å². The lowest BCUT2D eigenvalue weighted by atomic mass is 10.2. The summed E-state index contributed by atoms with van der Waals surface area (Å²) in [7, 11) is 0. The predicted octanol–water partition coefficient (Wildman–Crippen LogP) is 1.96. The zero-order valence-electron chi connectivity index (χ0n) is 5.35. The first-order valence-electron chi connectivity index (χ1n) is 3.20. The van der Waals surface area contributed by atoms with Crippen LogP contribution >= 0.6 is 11.6 Å². The summed E-state index contributed by atoms with van der Waals surface area (Å²) in [4.78, 5) is 0. The van der Waals surface area contributed by atoms with E-state index in [-0.39, 0.29) is 0 Å². The van der Waals surface area contributed by atoms with Gasteiger partial charge in [-0.05, 0) is 12.8 Å². The average molecular weight is 147 g/mol. The van der Waals surface area contributed by atoms with E-state index in [0.29, 0.717) is 18.1 Å². The van der Waals surface area contributed by atoms with Crippen molar-refractivity contribution in [3.63, 3.8) is 0 Å². The van der Waals surface area contributed by atoms with Crippen molar-refractivity contribution in [1.29, 1.82) is 0 Å². The molecule has 1 heterocycles. The molecule has 1 rings (SSSR count). The normalized spacial score (nSPS) is 32.1. The van der Waals surface area contributed by atoms with Gasteiger partial charge in [-0.15, -0.1) is 18.2 Å². The Morgan fingerprint density at radius 3 is 2.78 bits per heavy atom. The Bertz CT molecular complexity index is 103. The molecule has 0 aliphatic carbocycles. The van der Waals surface area contributed by atoms with E-state index in [0.717, 1.165) is 12.8 Å². The largest absolute Gasteiger partial charge is 0.368 e. The van der Waals surface area contributed by atoms with Gasteiger partial charge in [0.1, 0.15) is 0 Å². The highest BCUT2D eigenvalue weighted by Crippen LogP contribution is 2.27. The zero-order chi connectivity index (χ0) is 6.69. The van der Waals surface area contributed by atoms with Gasteiger partial charge in [-0.1, -0.05) is 6.08 Å². The van der Waals surface area contributed by atoms with E-state index in [1.807, 2.05) is 6.08 Å². The van der Waals surface area contributed by atoms with E-state index < -0.39 is 0 Å². The van der Waals surface area contributed by atoms with Gasteiger partial charge >= 0.3 is 0 Å². The van der Waals surface area contributed by atoms with Gasteiger partial charge in [0.25, 0.3) is 0 Å². The Kier molecular flexibility index (Phi) is 2.55. The molecule has 9 heavy (non-hydrogen) atoms. The van der Waals surface area contributed by atoms with Crippen molar-refractivity contribution in [3.05, 3.63) is 12.7 Å². The fourth-order valence-corrected chi connectivity index (χ4v) is 1.12. The monoisotopic (exact) mass is 146 g/mol. The topological polar surface area (TPSA) is 12.5 Å². The molecule has 0 radical (unpaired) electrons. The maximum Gasteiger partial charge on any atom is 0.0976 e. The summed E-state index contributed by atoms with van der Waals surface area (Å²) in [6.07, 6.45) is 4.80. The van der Waals surface area contributed by atoms with Gasteiger partial charge < -0.3 is 4.74 Å². The lowest BCUT2D eigenvalue weighted by molar-refractivity contribution is 0.372. The van der Waals surface area contributed by atoms with Crippen molar-refractivity contribution in [2.75, 3.05) is 5.88 Å². The first-order valence-corrected chi connectivity index (χ1v) is 3.74. The van der Waals surface area contributed by atoms with Crippen molar-refractivity contribution in [1.82, 2.24) is 0 Å². The van der Waals surface area contributed by atoms with Crippen LogP contribution in [0.4, 0.5) is 0 Å². The van der Waals surface area contributed by atoms with Crippen LogP contribution in [-0.2, 0) is 4.74 Å². The van der Waals surface area contributed by atoms with Gasteiger partial charge in [0.2, 0.25) is 0 Å². The molecule has 0 unspecified atom stereocenters. The number of rotatable bonds is 4. The Balaban J connectivity index is 1.98. The second-order valence-electron chi connectivity index (χ2n) is 2.23. The molecule has 0 N–H and O–H groups in total. The molecule has 0 aromatic rings. The van der Waals surface area contributed by atoms with Crippen molar-refractivity contribution < 1.29 is 4.74 Å². The van der Waals surface area contributed by atoms with Crippen molar-refractivity contribution in [3.8, 4) is 0 Å².